The van der Waals surface area contributed by atoms with Crippen molar-refractivity contribution in [1.29, 1.82) is 0 Å². The quantitative estimate of drug-likeness (QED) is 0.546. The molecule has 0 aliphatic heterocycles. The molecule has 150 valence electrons. The molecule has 0 aromatic heterocycles. The molecule has 0 fully saturated rings. The van der Waals surface area contributed by atoms with Crippen molar-refractivity contribution in [2.45, 2.75) is 53.0 Å². The number of hydrogen-bond acceptors (Lipinski definition) is 4. The maximum atomic E-state index is 11.2. The second kappa shape index (κ2) is 10.9. The fourth-order valence-corrected chi connectivity index (χ4v) is 4.81. The summed E-state index contributed by atoms with van der Waals surface area (Å²) >= 11 is 0. The second-order valence-electron chi connectivity index (χ2n) is 7.44. The Labute approximate surface area is 164 Å². The summed E-state index contributed by atoms with van der Waals surface area (Å²) in [6, 6.07) is 20.7. The van der Waals surface area contributed by atoms with Crippen molar-refractivity contribution >= 4 is 7.94 Å². The molecule has 0 saturated heterocycles. The van der Waals surface area contributed by atoms with Crippen molar-refractivity contribution in [1.82, 2.24) is 4.90 Å². The Morgan fingerprint density at radius 1 is 0.778 bits per heavy atom. The topological polar surface area (TPSA) is 41.9 Å². The molecule has 4 nitrogen and oxygen atoms in total. The first-order valence-corrected chi connectivity index (χ1v) is 11.7. The van der Waals surface area contributed by atoms with Crippen LogP contribution < -0.4 is 0 Å². The van der Waals surface area contributed by atoms with Crippen LogP contribution >= 0.6 is 7.94 Å². The van der Waals surface area contributed by atoms with E-state index in [0.29, 0.717) is 31.5 Å². The fourth-order valence-electron chi connectivity index (χ4n) is 3.11. The zero-order valence-electron chi connectivity index (χ0n) is 17.0. The van der Waals surface area contributed by atoms with Crippen LogP contribution in [0.1, 0.15) is 38.8 Å². The summed E-state index contributed by atoms with van der Waals surface area (Å²) in [5.41, 5.74) is 2.08. The van der Waals surface area contributed by atoms with Gasteiger partial charge in [0, 0.05) is 0 Å². The first-order chi connectivity index (χ1) is 12.9. The van der Waals surface area contributed by atoms with Crippen LogP contribution in [0.5, 0.6) is 0 Å². The molecule has 0 amide bonds. The predicted octanol–water partition coefficient (Wildman–Crippen LogP) is 5.03. The molecule has 0 saturated carbocycles. The molecule has 0 radical (unpaired) electrons. The van der Waals surface area contributed by atoms with Gasteiger partial charge in [-0.1, -0.05) is 0 Å². The molecule has 0 atom stereocenters. The second-order valence-corrected chi connectivity index (χ2v) is 9.94. The van der Waals surface area contributed by atoms with Gasteiger partial charge in [-0.25, -0.2) is 0 Å². The van der Waals surface area contributed by atoms with E-state index >= 15 is 0 Å². The summed E-state index contributed by atoms with van der Waals surface area (Å²) < 4.78 is 12.0. The summed E-state index contributed by atoms with van der Waals surface area (Å²) in [4.78, 5) is 13.6. The first-order valence-electron chi connectivity index (χ1n) is 9.73. The molecule has 2 aromatic rings. The minimum absolute atomic E-state index is 0.363. The first kappa shape index (κ1) is 22.0. The van der Waals surface area contributed by atoms with Crippen LogP contribution in [-0.2, 0) is 22.3 Å². The van der Waals surface area contributed by atoms with Crippen molar-refractivity contribution in [2.75, 3.05) is 12.7 Å². The number of nitrogens with zero attached hydrogens (tertiary/aromatic N) is 1. The van der Waals surface area contributed by atoms with Gasteiger partial charge < -0.3 is 0 Å². The van der Waals surface area contributed by atoms with Crippen molar-refractivity contribution in [3.63, 3.8) is 0 Å². The predicted molar refractivity (Wildman–Crippen MR) is 115 cm³/mol. The van der Waals surface area contributed by atoms with E-state index in [2.05, 4.69) is 32.6 Å². The number of hydrogen-bond donors (Lipinski definition) is 1. The standard InChI is InChI=1S/C22H34NO3P/c1-19(2)23(20(3)4)15-16-27(24,25-17-21-11-7-5-8-12-21)26-18-22-13-9-6-10-14-22/h5-14,19-20,24,27H,15-18H2,1-4H3. The zero-order chi connectivity index (χ0) is 19.7. The van der Waals surface area contributed by atoms with Crippen molar-refractivity contribution in [3.8, 4) is 0 Å². The molecule has 0 unspecified atom stereocenters. The Morgan fingerprint density at radius 3 is 1.56 bits per heavy atom. The molecule has 1 N–H and O–H groups in total. The van der Waals surface area contributed by atoms with Crippen LogP contribution in [0.25, 0.3) is 0 Å². The fraction of sp³-hybridized carbons (Fsp3) is 0.455. The van der Waals surface area contributed by atoms with Crippen LogP contribution in [0, 0.1) is 0 Å². The molecule has 0 aliphatic carbocycles. The summed E-state index contributed by atoms with van der Waals surface area (Å²) in [6.45, 7) is 10.2. The molecule has 27 heavy (non-hydrogen) atoms. The number of benzene rings is 2. The third-order valence-corrected chi connectivity index (χ3v) is 6.67. The average molecular weight is 391 g/mol. The van der Waals surface area contributed by atoms with Crippen molar-refractivity contribution in [2.24, 2.45) is 0 Å². The summed E-state index contributed by atoms with van der Waals surface area (Å²) in [5, 5.41) is 0. The third-order valence-electron chi connectivity index (χ3n) is 4.63. The molecule has 0 aliphatic rings. The Kier molecular flexibility index (Phi) is 8.88. The molecule has 0 bridgehead atoms. The summed E-state index contributed by atoms with van der Waals surface area (Å²) in [5.74, 6) is 0. The Morgan fingerprint density at radius 2 is 1.19 bits per heavy atom. The van der Waals surface area contributed by atoms with Gasteiger partial charge in [-0.2, -0.15) is 0 Å². The average Bonchev–Trinajstić information content (AvgIpc) is 2.66. The molecule has 2 rings (SSSR count). The van der Waals surface area contributed by atoms with Crippen LogP contribution in [0.15, 0.2) is 60.7 Å². The van der Waals surface area contributed by atoms with Crippen molar-refractivity contribution < 1.29 is 13.9 Å². The molecule has 2 aromatic carbocycles. The summed E-state index contributed by atoms with van der Waals surface area (Å²) in [6.07, 6.45) is 0.517. The van der Waals surface area contributed by atoms with Gasteiger partial charge in [0.05, 0.1) is 0 Å². The zero-order valence-corrected chi connectivity index (χ0v) is 18.0. The van der Waals surface area contributed by atoms with Crippen LogP contribution in [-0.4, -0.2) is 34.6 Å². The van der Waals surface area contributed by atoms with Crippen LogP contribution in [0.2, 0.25) is 0 Å². The van der Waals surface area contributed by atoms with Gasteiger partial charge in [0.15, 0.2) is 0 Å². The summed E-state index contributed by atoms with van der Waals surface area (Å²) in [7, 11) is -3.31. The minimum atomic E-state index is -3.31. The molecule has 5 heteroatoms. The number of rotatable bonds is 11. The van der Waals surface area contributed by atoms with E-state index in [-0.39, 0.29) is 0 Å². The monoisotopic (exact) mass is 391 g/mol. The van der Waals surface area contributed by atoms with Gasteiger partial charge in [0.25, 0.3) is 0 Å². The molecular formula is C22H34NO3P. The van der Waals surface area contributed by atoms with Gasteiger partial charge in [-0.15, -0.1) is 0 Å². The Bertz CT molecular complexity index is 598. The SMILES string of the molecule is CC(C)N(CC[PH](O)(OCc1ccccc1)OCc1ccccc1)C(C)C. The molecule has 0 spiro atoms. The van der Waals surface area contributed by atoms with Gasteiger partial charge in [-0.05, 0) is 0 Å². The van der Waals surface area contributed by atoms with E-state index in [1.54, 1.807) is 0 Å². The van der Waals surface area contributed by atoms with E-state index in [1.807, 2.05) is 60.7 Å². The molecular weight excluding hydrogens is 357 g/mol. The van der Waals surface area contributed by atoms with E-state index in [9.17, 15) is 4.89 Å². The Balaban J connectivity index is 2.03. The van der Waals surface area contributed by atoms with E-state index in [0.717, 1.165) is 17.7 Å². The van der Waals surface area contributed by atoms with Crippen molar-refractivity contribution in [3.05, 3.63) is 71.8 Å². The normalized spacial score (nSPS) is 12.9. The van der Waals surface area contributed by atoms with E-state index in [1.165, 1.54) is 0 Å². The van der Waals surface area contributed by atoms with Crippen LogP contribution in [0.4, 0.5) is 0 Å². The van der Waals surface area contributed by atoms with E-state index < -0.39 is 7.94 Å². The Hall–Kier alpha value is -1.29. The molecule has 0 heterocycles. The third kappa shape index (κ3) is 7.69. The van der Waals surface area contributed by atoms with Crippen LogP contribution in [0.3, 0.4) is 0 Å². The van der Waals surface area contributed by atoms with Gasteiger partial charge >= 0.3 is 164 Å². The van der Waals surface area contributed by atoms with Gasteiger partial charge in [-0.3, -0.25) is 0 Å². The maximum absolute atomic E-state index is 11.2. The van der Waals surface area contributed by atoms with Gasteiger partial charge in [0.1, 0.15) is 0 Å². The van der Waals surface area contributed by atoms with E-state index in [4.69, 9.17) is 9.05 Å². The van der Waals surface area contributed by atoms with Gasteiger partial charge in [0.2, 0.25) is 0 Å².